The molecule has 3 rings (SSSR count). The van der Waals surface area contributed by atoms with Gasteiger partial charge in [-0.3, -0.25) is 10.1 Å². The zero-order chi connectivity index (χ0) is 23.1. The van der Waals surface area contributed by atoms with E-state index in [0.29, 0.717) is 0 Å². The molecule has 4 atom stereocenters. The lowest BCUT2D eigenvalue weighted by atomic mass is 9.65. The number of nitriles is 1. The molecule has 8 heteroatoms. The van der Waals surface area contributed by atoms with Crippen molar-refractivity contribution in [3.63, 3.8) is 0 Å². The average molecular weight is 467 g/mol. The lowest BCUT2D eigenvalue weighted by Gasteiger charge is -2.34. The van der Waals surface area contributed by atoms with Gasteiger partial charge in [0.15, 0.2) is 0 Å². The van der Waals surface area contributed by atoms with Gasteiger partial charge in [-0.05, 0) is 51.5 Å². The highest BCUT2D eigenvalue weighted by Gasteiger charge is 2.60. The van der Waals surface area contributed by atoms with Crippen LogP contribution >= 0.6 is 23.2 Å². The van der Waals surface area contributed by atoms with Crippen molar-refractivity contribution in [2.45, 2.75) is 56.7 Å². The van der Waals surface area contributed by atoms with Crippen LogP contribution in [-0.4, -0.2) is 23.7 Å². The van der Waals surface area contributed by atoms with Crippen molar-refractivity contribution >= 4 is 29.2 Å². The van der Waals surface area contributed by atoms with Crippen molar-refractivity contribution in [3.8, 4) is 6.07 Å². The van der Waals surface area contributed by atoms with Crippen molar-refractivity contribution in [3.05, 3.63) is 69.2 Å². The first-order chi connectivity index (χ1) is 14.4. The van der Waals surface area contributed by atoms with Gasteiger partial charge in [-0.25, -0.2) is 8.78 Å². The number of hydrogen-bond donors (Lipinski definition) is 1. The molecule has 1 aliphatic rings. The quantitative estimate of drug-likeness (QED) is 0.604. The maximum atomic E-state index is 15.2. The molecule has 1 heterocycles. The van der Waals surface area contributed by atoms with E-state index in [2.05, 4.69) is 11.4 Å². The van der Waals surface area contributed by atoms with Crippen molar-refractivity contribution in [1.82, 2.24) is 5.32 Å². The fourth-order valence-electron chi connectivity index (χ4n) is 4.24. The van der Waals surface area contributed by atoms with E-state index in [1.165, 1.54) is 30.3 Å². The molecule has 2 aromatic carbocycles. The van der Waals surface area contributed by atoms with Crippen molar-refractivity contribution in [2.75, 3.05) is 0 Å². The summed E-state index contributed by atoms with van der Waals surface area (Å²) in [5, 5.41) is 13.4. The molecule has 0 saturated carbocycles. The SMILES string of the molecule is CC1N[C@@H](C(=O)OC(C)(C)C)[C@H](c2cccc(Cl)c2F)[C@@]1(C#N)c1ccc(Cl)cc1F. The summed E-state index contributed by atoms with van der Waals surface area (Å²) < 4.78 is 35.8. The third-order valence-corrected chi connectivity index (χ3v) is 6.00. The van der Waals surface area contributed by atoms with Gasteiger partial charge in [0.25, 0.3) is 0 Å². The molecule has 1 saturated heterocycles. The molecular formula is C23H22Cl2F2N2O2. The van der Waals surface area contributed by atoms with E-state index in [-0.39, 0.29) is 21.2 Å². The zero-order valence-electron chi connectivity index (χ0n) is 17.5. The van der Waals surface area contributed by atoms with Crippen LogP contribution in [0.5, 0.6) is 0 Å². The first-order valence-corrected chi connectivity index (χ1v) is 10.5. The maximum Gasteiger partial charge on any atom is 0.324 e. The van der Waals surface area contributed by atoms with Crippen LogP contribution in [0.2, 0.25) is 10.0 Å². The Morgan fingerprint density at radius 2 is 1.90 bits per heavy atom. The van der Waals surface area contributed by atoms with E-state index < -0.39 is 46.6 Å². The van der Waals surface area contributed by atoms with Gasteiger partial charge < -0.3 is 4.74 Å². The Bertz CT molecular complexity index is 1060. The number of nitrogens with one attached hydrogen (secondary N) is 1. The highest BCUT2D eigenvalue weighted by Crippen LogP contribution is 2.50. The molecule has 1 unspecified atom stereocenters. The van der Waals surface area contributed by atoms with E-state index in [9.17, 15) is 10.1 Å². The Kier molecular flexibility index (Phi) is 6.35. The van der Waals surface area contributed by atoms with Crippen molar-refractivity contribution in [1.29, 1.82) is 5.26 Å². The molecule has 4 nitrogen and oxygen atoms in total. The van der Waals surface area contributed by atoms with E-state index in [0.717, 1.165) is 6.07 Å². The van der Waals surface area contributed by atoms with Crippen molar-refractivity contribution < 1.29 is 18.3 Å². The predicted molar refractivity (Wildman–Crippen MR) is 115 cm³/mol. The minimum absolute atomic E-state index is 0.00911. The average Bonchev–Trinajstić information content (AvgIpc) is 2.96. The normalized spacial score (nSPS) is 25.8. The zero-order valence-corrected chi connectivity index (χ0v) is 19.0. The second-order valence-corrected chi connectivity index (χ2v) is 9.47. The van der Waals surface area contributed by atoms with E-state index >= 15 is 8.78 Å². The number of esters is 1. The highest BCUT2D eigenvalue weighted by atomic mass is 35.5. The van der Waals surface area contributed by atoms with E-state index in [4.69, 9.17) is 27.9 Å². The van der Waals surface area contributed by atoms with Crippen molar-refractivity contribution in [2.24, 2.45) is 0 Å². The number of carbonyl (C=O) groups excluding carboxylic acids is 1. The van der Waals surface area contributed by atoms with Crippen LogP contribution in [0, 0.1) is 23.0 Å². The van der Waals surface area contributed by atoms with Crippen LogP contribution < -0.4 is 5.32 Å². The highest BCUT2D eigenvalue weighted by molar-refractivity contribution is 6.31. The van der Waals surface area contributed by atoms with Gasteiger partial charge in [-0.1, -0.05) is 41.4 Å². The number of ether oxygens (including phenoxy) is 1. The minimum atomic E-state index is -1.64. The lowest BCUT2D eigenvalue weighted by molar-refractivity contribution is -0.157. The van der Waals surface area contributed by atoms with E-state index in [1.807, 2.05) is 0 Å². The number of benzene rings is 2. The topological polar surface area (TPSA) is 62.1 Å². The molecule has 0 amide bonds. The first-order valence-electron chi connectivity index (χ1n) is 9.72. The van der Waals surface area contributed by atoms with Crippen LogP contribution in [0.4, 0.5) is 8.78 Å². The summed E-state index contributed by atoms with van der Waals surface area (Å²) in [6.45, 7) is 6.76. The Balaban J connectivity index is 2.29. The first kappa shape index (κ1) is 23.5. The van der Waals surface area contributed by atoms with Crippen LogP contribution in [0.3, 0.4) is 0 Å². The van der Waals surface area contributed by atoms with Crippen LogP contribution in [0.1, 0.15) is 44.7 Å². The molecule has 0 radical (unpaired) electrons. The number of hydrogen-bond acceptors (Lipinski definition) is 4. The standard InChI is InChI=1S/C23H22Cl2F2N2O2/c1-12-23(11-28,15-9-8-13(24)10-17(15)26)18(14-6-5-7-16(25)19(14)27)20(29-12)21(30)31-22(2,3)4/h5-10,12,18,20,29H,1-4H3/t12?,18-,20+,23+/m0/s1. The summed E-state index contributed by atoms with van der Waals surface area (Å²) >= 11 is 11.9. The monoisotopic (exact) mass is 466 g/mol. The summed E-state index contributed by atoms with van der Waals surface area (Å²) in [5.74, 6) is -3.28. The molecule has 31 heavy (non-hydrogen) atoms. The molecule has 0 spiro atoms. The molecule has 1 fully saturated rings. The molecule has 1 N–H and O–H groups in total. The third-order valence-electron chi connectivity index (χ3n) is 5.48. The second kappa shape index (κ2) is 8.38. The molecule has 2 aromatic rings. The molecule has 0 bridgehead atoms. The third kappa shape index (κ3) is 4.15. The summed E-state index contributed by atoms with van der Waals surface area (Å²) in [5.41, 5.74) is -2.42. The van der Waals surface area contributed by atoms with Crippen LogP contribution in [0.25, 0.3) is 0 Å². The number of nitrogens with zero attached hydrogens (tertiary/aromatic N) is 1. The largest absolute Gasteiger partial charge is 0.459 e. The van der Waals surface area contributed by atoms with Gasteiger partial charge in [-0.15, -0.1) is 0 Å². The Hall–Kier alpha value is -2.20. The summed E-state index contributed by atoms with van der Waals surface area (Å²) in [7, 11) is 0. The Labute approximate surface area is 190 Å². The lowest BCUT2D eigenvalue weighted by Crippen LogP contribution is -2.42. The molecule has 0 aromatic heterocycles. The van der Waals surface area contributed by atoms with Gasteiger partial charge in [-0.2, -0.15) is 5.26 Å². The van der Waals surface area contributed by atoms with Crippen LogP contribution in [-0.2, 0) is 14.9 Å². The smallest absolute Gasteiger partial charge is 0.324 e. The van der Waals surface area contributed by atoms with Gasteiger partial charge in [0, 0.05) is 22.5 Å². The summed E-state index contributed by atoms with van der Waals surface area (Å²) in [6.07, 6.45) is 0. The predicted octanol–water partition coefficient (Wildman–Crippen LogP) is 5.52. The fourth-order valence-corrected chi connectivity index (χ4v) is 4.58. The molecule has 0 aliphatic carbocycles. The van der Waals surface area contributed by atoms with Crippen LogP contribution in [0.15, 0.2) is 36.4 Å². The summed E-state index contributed by atoms with van der Waals surface area (Å²) in [4.78, 5) is 13.1. The van der Waals surface area contributed by atoms with E-state index in [1.54, 1.807) is 27.7 Å². The number of halogens is 4. The molecular weight excluding hydrogens is 445 g/mol. The Morgan fingerprint density at radius 3 is 2.48 bits per heavy atom. The van der Waals surface area contributed by atoms with Gasteiger partial charge in [0.2, 0.25) is 0 Å². The Morgan fingerprint density at radius 1 is 1.23 bits per heavy atom. The van der Waals surface area contributed by atoms with Gasteiger partial charge >= 0.3 is 5.97 Å². The maximum absolute atomic E-state index is 15.2. The summed E-state index contributed by atoms with van der Waals surface area (Å²) in [6, 6.07) is 8.62. The molecule has 164 valence electrons. The fraction of sp³-hybridized carbons (Fsp3) is 0.391. The molecule has 1 aliphatic heterocycles. The minimum Gasteiger partial charge on any atom is -0.459 e. The van der Waals surface area contributed by atoms with Gasteiger partial charge in [0.1, 0.15) is 28.7 Å². The number of carbonyl (C=O) groups is 1. The second-order valence-electron chi connectivity index (χ2n) is 8.63. The van der Waals surface area contributed by atoms with Gasteiger partial charge in [0.05, 0.1) is 11.1 Å². The number of rotatable bonds is 3.